The maximum Gasteiger partial charge on any atom is 0.142 e. The number of hydrogen-bond acceptors (Lipinski definition) is 3. The van der Waals surface area contributed by atoms with Gasteiger partial charge in [-0.05, 0) is 19.1 Å². The second kappa shape index (κ2) is 6.30. The average Bonchev–Trinajstić information content (AvgIpc) is 2.16. The van der Waals surface area contributed by atoms with Crippen LogP contribution in [0.5, 0.6) is 5.75 Å². The first-order chi connectivity index (χ1) is 7.54. The van der Waals surface area contributed by atoms with Gasteiger partial charge < -0.3 is 15.2 Å². The Kier molecular flexibility index (Phi) is 5.35. The lowest BCUT2D eigenvalue weighted by molar-refractivity contribution is 0.191. The average molecular weight is 264 g/mol. The van der Waals surface area contributed by atoms with Crippen molar-refractivity contribution in [3.05, 3.63) is 27.7 Å². The van der Waals surface area contributed by atoms with Crippen LogP contribution < -0.4 is 10.1 Å². The van der Waals surface area contributed by atoms with E-state index in [1.54, 1.807) is 26.2 Å². The first kappa shape index (κ1) is 13.6. The van der Waals surface area contributed by atoms with Gasteiger partial charge in [-0.1, -0.05) is 23.2 Å². The van der Waals surface area contributed by atoms with Crippen molar-refractivity contribution in [1.29, 1.82) is 0 Å². The van der Waals surface area contributed by atoms with Crippen LogP contribution in [0.15, 0.2) is 12.1 Å². The molecule has 0 fully saturated rings. The molecule has 0 radical (unpaired) electrons. The van der Waals surface area contributed by atoms with Gasteiger partial charge in [-0.3, -0.25) is 0 Å². The smallest absolute Gasteiger partial charge is 0.142 e. The Morgan fingerprint density at radius 1 is 1.44 bits per heavy atom. The number of methoxy groups -OCH3 is 1. The lowest BCUT2D eigenvalue weighted by Crippen LogP contribution is -2.24. The number of halogens is 2. The van der Waals surface area contributed by atoms with Gasteiger partial charge in [0, 0.05) is 23.7 Å². The molecule has 2 N–H and O–H groups in total. The Bertz CT molecular complexity index is 356. The van der Waals surface area contributed by atoms with Gasteiger partial charge in [0.25, 0.3) is 0 Å². The minimum absolute atomic E-state index is 0.388. The van der Waals surface area contributed by atoms with Crippen molar-refractivity contribution in [3.8, 4) is 5.75 Å². The van der Waals surface area contributed by atoms with Gasteiger partial charge in [-0.25, -0.2) is 0 Å². The van der Waals surface area contributed by atoms with Gasteiger partial charge in [0.2, 0.25) is 0 Å². The summed E-state index contributed by atoms with van der Waals surface area (Å²) in [7, 11) is 1.56. The van der Waals surface area contributed by atoms with E-state index < -0.39 is 0 Å². The largest absolute Gasteiger partial charge is 0.495 e. The highest BCUT2D eigenvalue weighted by molar-refractivity contribution is 6.35. The molecule has 1 aromatic carbocycles. The summed E-state index contributed by atoms with van der Waals surface area (Å²) >= 11 is 11.9. The zero-order chi connectivity index (χ0) is 12.1. The zero-order valence-corrected chi connectivity index (χ0v) is 10.8. The summed E-state index contributed by atoms with van der Waals surface area (Å²) in [6.45, 7) is 2.77. The highest BCUT2D eigenvalue weighted by Crippen LogP contribution is 2.31. The molecular formula is C11H15Cl2NO2. The summed E-state index contributed by atoms with van der Waals surface area (Å²) in [5, 5.41) is 13.3. The molecule has 0 aromatic heterocycles. The third kappa shape index (κ3) is 3.83. The molecule has 1 aromatic rings. The van der Waals surface area contributed by atoms with Crippen molar-refractivity contribution >= 4 is 23.2 Å². The molecule has 5 heteroatoms. The highest BCUT2D eigenvalue weighted by atomic mass is 35.5. The number of aliphatic hydroxyl groups is 1. The Morgan fingerprint density at radius 3 is 2.69 bits per heavy atom. The second-order valence-corrected chi connectivity index (χ2v) is 4.40. The quantitative estimate of drug-likeness (QED) is 0.858. The summed E-state index contributed by atoms with van der Waals surface area (Å²) in [5.41, 5.74) is 0.876. The molecular weight excluding hydrogens is 249 g/mol. The minimum atomic E-state index is -0.388. The fourth-order valence-electron chi connectivity index (χ4n) is 1.39. The second-order valence-electron chi connectivity index (χ2n) is 3.56. The highest BCUT2D eigenvalue weighted by Gasteiger charge is 2.09. The molecule has 0 amide bonds. The van der Waals surface area contributed by atoms with Crippen molar-refractivity contribution in [2.45, 2.75) is 19.6 Å². The van der Waals surface area contributed by atoms with Crippen LogP contribution in [0.4, 0.5) is 0 Å². The van der Waals surface area contributed by atoms with E-state index in [1.807, 2.05) is 0 Å². The first-order valence-electron chi connectivity index (χ1n) is 4.95. The maximum atomic E-state index is 9.12. The summed E-state index contributed by atoms with van der Waals surface area (Å²) < 4.78 is 5.20. The Balaban J connectivity index is 2.77. The number of aliphatic hydroxyl groups excluding tert-OH is 1. The van der Waals surface area contributed by atoms with Crippen molar-refractivity contribution < 1.29 is 9.84 Å². The minimum Gasteiger partial charge on any atom is -0.495 e. The Labute approximate surface area is 105 Å². The van der Waals surface area contributed by atoms with E-state index in [0.29, 0.717) is 28.9 Å². The fourth-order valence-corrected chi connectivity index (χ4v) is 2.00. The van der Waals surface area contributed by atoms with Gasteiger partial charge in [-0.2, -0.15) is 0 Å². The number of rotatable bonds is 5. The van der Waals surface area contributed by atoms with Crippen LogP contribution in [0.25, 0.3) is 0 Å². The number of hydrogen-bond donors (Lipinski definition) is 2. The van der Waals surface area contributed by atoms with Crippen molar-refractivity contribution in [3.63, 3.8) is 0 Å². The predicted molar refractivity (Wildman–Crippen MR) is 66.4 cm³/mol. The normalized spacial score (nSPS) is 12.6. The van der Waals surface area contributed by atoms with Gasteiger partial charge >= 0.3 is 0 Å². The van der Waals surface area contributed by atoms with Gasteiger partial charge in [0.05, 0.1) is 18.2 Å². The van der Waals surface area contributed by atoms with Crippen LogP contribution in [0.1, 0.15) is 12.5 Å². The molecule has 0 saturated heterocycles. The molecule has 0 bridgehead atoms. The molecule has 3 nitrogen and oxygen atoms in total. The molecule has 0 saturated carbocycles. The Hall–Kier alpha value is -0.480. The molecule has 0 spiro atoms. The van der Waals surface area contributed by atoms with Gasteiger partial charge in [0.15, 0.2) is 0 Å². The summed E-state index contributed by atoms with van der Waals surface area (Å²) in [4.78, 5) is 0. The lowest BCUT2D eigenvalue weighted by atomic mass is 10.2. The third-order valence-corrected chi connectivity index (χ3v) is 2.54. The predicted octanol–water partition coefficient (Wildman–Crippen LogP) is 2.47. The standard InChI is InChI=1S/C11H15Cl2NO2/c1-7(15)5-14-6-8-3-9(12)4-10(13)11(8)16-2/h3-4,7,14-15H,5-6H2,1-2H3/t7-/m0/s1. The van der Waals surface area contributed by atoms with Crippen LogP contribution >= 0.6 is 23.2 Å². The van der Waals surface area contributed by atoms with E-state index in [0.717, 1.165) is 5.56 Å². The van der Waals surface area contributed by atoms with Crippen LogP contribution in [0.2, 0.25) is 10.0 Å². The molecule has 0 aliphatic rings. The van der Waals surface area contributed by atoms with E-state index in [2.05, 4.69) is 5.32 Å². The maximum absolute atomic E-state index is 9.12. The van der Waals surface area contributed by atoms with Crippen LogP contribution in [-0.4, -0.2) is 24.9 Å². The third-order valence-electron chi connectivity index (χ3n) is 2.04. The Morgan fingerprint density at radius 2 is 2.12 bits per heavy atom. The summed E-state index contributed by atoms with van der Waals surface area (Å²) in [5.74, 6) is 0.615. The van der Waals surface area contributed by atoms with Crippen molar-refractivity contribution in [2.24, 2.45) is 0 Å². The lowest BCUT2D eigenvalue weighted by Gasteiger charge is -2.12. The molecule has 0 heterocycles. The zero-order valence-electron chi connectivity index (χ0n) is 9.26. The van der Waals surface area contributed by atoms with E-state index in [-0.39, 0.29) is 6.10 Å². The number of benzene rings is 1. The van der Waals surface area contributed by atoms with E-state index in [1.165, 1.54) is 0 Å². The van der Waals surface area contributed by atoms with Gasteiger partial charge in [-0.15, -0.1) is 0 Å². The van der Waals surface area contributed by atoms with E-state index in [4.69, 9.17) is 33.0 Å². The fraction of sp³-hybridized carbons (Fsp3) is 0.455. The topological polar surface area (TPSA) is 41.5 Å². The molecule has 0 aliphatic heterocycles. The molecule has 0 unspecified atom stereocenters. The van der Waals surface area contributed by atoms with Crippen LogP contribution in [0, 0.1) is 0 Å². The van der Waals surface area contributed by atoms with Crippen LogP contribution in [-0.2, 0) is 6.54 Å². The monoisotopic (exact) mass is 263 g/mol. The first-order valence-corrected chi connectivity index (χ1v) is 5.71. The number of nitrogens with one attached hydrogen (secondary N) is 1. The molecule has 0 aliphatic carbocycles. The molecule has 16 heavy (non-hydrogen) atoms. The molecule has 1 atom stereocenters. The van der Waals surface area contributed by atoms with Crippen molar-refractivity contribution in [1.82, 2.24) is 5.32 Å². The summed E-state index contributed by atoms with van der Waals surface area (Å²) in [6.07, 6.45) is -0.388. The van der Waals surface area contributed by atoms with E-state index in [9.17, 15) is 0 Å². The molecule has 1 rings (SSSR count). The van der Waals surface area contributed by atoms with Crippen LogP contribution in [0.3, 0.4) is 0 Å². The van der Waals surface area contributed by atoms with Crippen molar-refractivity contribution in [2.75, 3.05) is 13.7 Å². The number of ether oxygens (including phenoxy) is 1. The van der Waals surface area contributed by atoms with Gasteiger partial charge in [0.1, 0.15) is 5.75 Å². The molecule has 90 valence electrons. The van der Waals surface area contributed by atoms with E-state index >= 15 is 0 Å². The SMILES string of the molecule is COc1c(Cl)cc(Cl)cc1CNC[C@H](C)O. The summed E-state index contributed by atoms with van der Waals surface area (Å²) in [6, 6.07) is 3.43.